The van der Waals surface area contributed by atoms with Gasteiger partial charge in [-0.3, -0.25) is 0 Å². The summed E-state index contributed by atoms with van der Waals surface area (Å²) >= 11 is 28.0. The van der Waals surface area contributed by atoms with E-state index in [2.05, 4.69) is 28.2 Å². The van der Waals surface area contributed by atoms with Gasteiger partial charge in [-0.25, -0.2) is 0 Å². The molecule has 1 N–H and O–H groups in total. The molecule has 1 atom stereocenters. The Labute approximate surface area is 152 Å². The molecular formula is C15H12BrCl4N. The van der Waals surface area contributed by atoms with Crippen LogP contribution in [0.15, 0.2) is 34.8 Å². The third-order valence-electron chi connectivity index (χ3n) is 3.11. The SMILES string of the molecule is CCC(Nc1ccc(Br)c(Cl)c1Cl)c1ccc(Cl)cc1Cl. The summed E-state index contributed by atoms with van der Waals surface area (Å²) in [6, 6.07) is 9.23. The van der Waals surface area contributed by atoms with Crippen molar-refractivity contribution in [2.75, 3.05) is 5.32 Å². The molecule has 0 aliphatic heterocycles. The summed E-state index contributed by atoms with van der Waals surface area (Å²) in [5.41, 5.74) is 1.74. The molecule has 0 bridgehead atoms. The average molecular weight is 428 g/mol. The van der Waals surface area contributed by atoms with Crippen LogP contribution in [-0.4, -0.2) is 0 Å². The molecule has 0 fully saturated rings. The standard InChI is InChI=1S/C15H12BrCl4N/c1-2-12(9-4-3-8(17)7-11(9)18)21-13-6-5-10(16)14(19)15(13)20/h3-7,12,21H,2H2,1H3. The Balaban J connectivity index is 2.33. The third-order valence-corrected chi connectivity index (χ3v) is 5.44. The molecule has 2 rings (SSSR count). The number of nitrogens with one attached hydrogen (secondary N) is 1. The van der Waals surface area contributed by atoms with Crippen molar-refractivity contribution in [3.8, 4) is 0 Å². The van der Waals surface area contributed by atoms with Gasteiger partial charge >= 0.3 is 0 Å². The van der Waals surface area contributed by atoms with E-state index in [0.29, 0.717) is 20.1 Å². The predicted molar refractivity (Wildman–Crippen MR) is 97.3 cm³/mol. The van der Waals surface area contributed by atoms with E-state index >= 15 is 0 Å². The molecule has 1 nitrogen and oxygen atoms in total. The minimum absolute atomic E-state index is 0.0181. The largest absolute Gasteiger partial charge is 0.377 e. The number of rotatable bonds is 4. The van der Waals surface area contributed by atoms with Gasteiger partial charge in [0.2, 0.25) is 0 Å². The van der Waals surface area contributed by atoms with Crippen LogP contribution < -0.4 is 5.32 Å². The molecule has 112 valence electrons. The lowest BCUT2D eigenvalue weighted by Crippen LogP contribution is -2.10. The normalized spacial score (nSPS) is 12.3. The van der Waals surface area contributed by atoms with Gasteiger partial charge in [0.05, 0.1) is 21.8 Å². The molecule has 0 saturated heterocycles. The van der Waals surface area contributed by atoms with Crippen molar-refractivity contribution in [3.63, 3.8) is 0 Å². The molecule has 0 saturated carbocycles. The van der Waals surface area contributed by atoms with Gasteiger partial charge in [-0.2, -0.15) is 0 Å². The van der Waals surface area contributed by atoms with Gasteiger partial charge in [0.15, 0.2) is 0 Å². The Morgan fingerprint density at radius 3 is 2.38 bits per heavy atom. The smallest absolute Gasteiger partial charge is 0.0835 e. The van der Waals surface area contributed by atoms with Gasteiger partial charge in [0.1, 0.15) is 0 Å². The van der Waals surface area contributed by atoms with Crippen LogP contribution in [0.1, 0.15) is 24.9 Å². The monoisotopic (exact) mass is 425 g/mol. The molecule has 0 heterocycles. The molecule has 6 heteroatoms. The topological polar surface area (TPSA) is 12.0 Å². The average Bonchev–Trinajstić information content (AvgIpc) is 2.45. The number of anilines is 1. The quantitative estimate of drug-likeness (QED) is 0.494. The fourth-order valence-corrected chi connectivity index (χ4v) is 3.38. The highest BCUT2D eigenvalue weighted by Gasteiger charge is 2.16. The molecule has 2 aromatic rings. The van der Waals surface area contributed by atoms with Crippen molar-refractivity contribution in [1.82, 2.24) is 0 Å². The fraction of sp³-hybridized carbons (Fsp3) is 0.200. The van der Waals surface area contributed by atoms with E-state index in [-0.39, 0.29) is 6.04 Å². The van der Waals surface area contributed by atoms with Crippen molar-refractivity contribution in [3.05, 3.63) is 60.5 Å². The molecule has 0 radical (unpaired) electrons. The summed E-state index contributed by atoms with van der Waals surface area (Å²) < 4.78 is 0.761. The minimum atomic E-state index is 0.0181. The zero-order chi connectivity index (χ0) is 15.6. The van der Waals surface area contributed by atoms with Crippen LogP contribution >= 0.6 is 62.3 Å². The summed E-state index contributed by atoms with van der Waals surface area (Å²) in [4.78, 5) is 0. The molecular weight excluding hydrogens is 416 g/mol. The number of hydrogen-bond acceptors (Lipinski definition) is 1. The van der Waals surface area contributed by atoms with Crippen molar-refractivity contribution < 1.29 is 0 Å². The van der Waals surface area contributed by atoms with E-state index in [1.165, 1.54) is 0 Å². The summed E-state index contributed by atoms with van der Waals surface area (Å²) in [6.45, 7) is 2.07. The van der Waals surface area contributed by atoms with Crippen LogP contribution in [-0.2, 0) is 0 Å². The lowest BCUT2D eigenvalue weighted by molar-refractivity contribution is 0.750. The van der Waals surface area contributed by atoms with E-state index in [1.54, 1.807) is 6.07 Å². The highest BCUT2D eigenvalue weighted by atomic mass is 79.9. The molecule has 0 amide bonds. The van der Waals surface area contributed by atoms with Crippen molar-refractivity contribution in [2.45, 2.75) is 19.4 Å². The lowest BCUT2D eigenvalue weighted by atomic mass is 10.0. The molecule has 2 aromatic carbocycles. The first-order chi connectivity index (χ1) is 9.93. The van der Waals surface area contributed by atoms with Gasteiger partial charge in [0, 0.05) is 14.5 Å². The van der Waals surface area contributed by atoms with Crippen LogP contribution in [0.25, 0.3) is 0 Å². The van der Waals surface area contributed by atoms with Crippen LogP contribution in [0.5, 0.6) is 0 Å². The summed E-state index contributed by atoms with van der Waals surface area (Å²) in [5.74, 6) is 0. The lowest BCUT2D eigenvalue weighted by Gasteiger charge is -2.21. The van der Waals surface area contributed by atoms with Crippen molar-refractivity contribution >= 4 is 68.0 Å². The molecule has 0 aromatic heterocycles. The molecule has 21 heavy (non-hydrogen) atoms. The van der Waals surface area contributed by atoms with Gasteiger partial charge in [-0.15, -0.1) is 0 Å². The van der Waals surface area contributed by atoms with Crippen LogP contribution in [0.3, 0.4) is 0 Å². The highest BCUT2D eigenvalue weighted by Crippen LogP contribution is 2.38. The van der Waals surface area contributed by atoms with E-state index in [1.807, 2.05) is 24.3 Å². The molecule has 0 aliphatic carbocycles. The second kappa shape index (κ2) is 7.43. The third kappa shape index (κ3) is 4.00. The van der Waals surface area contributed by atoms with Crippen molar-refractivity contribution in [2.24, 2.45) is 0 Å². The van der Waals surface area contributed by atoms with Crippen LogP contribution in [0.4, 0.5) is 5.69 Å². The Hall–Kier alpha value is -0.120. The summed E-state index contributed by atoms with van der Waals surface area (Å²) in [7, 11) is 0. The molecule has 1 unspecified atom stereocenters. The maximum atomic E-state index is 6.27. The number of halogens is 5. The second-order valence-electron chi connectivity index (χ2n) is 4.49. The molecule has 0 spiro atoms. The predicted octanol–water partition coefficient (Wildman–Crippen LogP) is 7.63. The van der Waals surface area contributed by atoms with E-state index in [9.17, 15) is 0 Å². The van der Waals surface area contributed by atoms with E-state index in [0.717, 1.165) is 22.1 Å². The maximum Gasteiger partial charge on any atom is 0.0835 e. The maximum absolute atomic E-state index is 6.27. The number of benzene rings is 2. The second-order valence-corrected chi connectivity index (χ2v) is 6.95. The Bertz CT molecular complexity index is 660. The van der Waals surface area contributed by atoms with E-state index < -0.39 is 0 Å². The minimum Gasteiger partial charge on any atom is -0.377 e. The van der Waals surface area contributed by atoms with Gasteiger partial charge in [0.25, 0.3) is 0 Å². The van der Waals surface area contributed by atoms with Crippen LogP contribution in [0, 0.1) is 0 Å². The van der Waals surface area contributed by atoms with E-state index in [4.69, 9.17) is 46.4 Å². The highest BCUT2D eigenvalue weighted by molar-refractivity contribution is 9.10. The fourth-order valence-electron chi connectivity index (χ4n) is 2.01. The Kier molecular flexibility index (Phi) is 6.10. The summed E-state index contributed by atoms with van der Waals surface area (Å²) in [6.07, 6.45) is 0.839. The van der Waals surface area contributed by atoms with Gasteiger partial charge in [-0.05, 0) is 52.2 Å². The zero-order valence-corrected chi connectivity index (χ0v) is 15.7. The Morgan fingerprint density at radius 2 is 1.76 bits per heavy atom. The molecule has 0 aliphatic rings. The first-order valence-corrected chi connectivity index (χ1v) is 8.59. The first kappa shape index (κ1) is 17.2. The summed E-state index contributed by atoms with van der Waals surface area (Å²) in [5, 5.41) is 5.58. The Morgan fingerprint density at radius 1 is 1.05 bits per heavy atom. The van der Waals surface area contributed by atoms with Gasteiger partial charge < -0.3 is 5.32 Å². The number of hydrogen-bond donors (Lipinski definition) is 1. The first-order valence-electron chi connectivity index (χ1n) is 6.29. The van der Waals surface area contributed by atoms with Crippen LogP contribution in [0.2, 0.25) is 20.1 Å². The van der Waals surface area contributed by atoms with Gasteiger partial charge in [-0.1, -0.05) is 59.4 Å². The van der Waals surface area contributed by atoms with Crippen molar-refractivity contribution in [1.29, 1.82) is 0 Å². The zero-order valence-electron chi connectivity index (χ0n) is 11.1.